The molecule has 0 amide bonds. The van der Waals surface area contributed by atoms with Crippen LogP contribution in [0.15, 0.2) is 24.3 Å². The van der Waals surface area contributed by atoms with Gasteiger partial charge in [0.15, 0.2) is 0 Å². The first-order valence-corrected chi connectivity index (χ1v) is 4.31. The third-order valence-electron chi connectivity index (χ3n) is 1.95. The van der Waals surface area contributed by atoms with E-state index in [9.17, 15) is 4.79 Å². The predicted molar refractivity (Wildman–Crippen MR) is 53.6 cm³/mol. The highest BCUT2D eigenvalue weighted by molar-refractivity contribution is 5.67. The summed E-state index contributed by atoms with van der Waals surface area (Å²) in [6, 6.07) is 6.65. The van der Waals surface area contributed by atoms with Crippen molar-refractivity contribution in [2.24, 2.45) is 0 Å². The summed E-state index contributed by atoms with van der Waals surface area (Å²) in [5, 5.41) is 17.5. The monoisotopic (exact) mass is 195 g/mol. The van der Waals surface area contributed by atoms with E-state index in [1.165, 1.54) is 0 Å². The van der Waals surface area contributed by atoms with E-state index in [1.807, 2.05) is 11.9 Å². The number of aliphatic carboxylic acids is 1. The first-order chi connectivity index (χ1) is 6.59. The number of benzene rings is 1. The van der Waals surface area contributed by atoms with Crippen molar-refractivity contribution in [2.75, 3.05) is 18.5 Å². The molecule has 4 nitrogen and oxygen atoms in total. The molecule has 1 rings (SSSR count). The summed E-state index contributed by atoms with van der Waals surface area (Å²) in [5.74, 6) is -0.601. The van der Waals surface area contributed by atoms with Crippen LogP contribution in [0.3, 0.4) is 0 Å². The van der Waals surface area contributed by atoms with Crippen molar-refractivity contribution in [3.05, 3.63) is 24.3 Å². The number of carboxylic acid groups (broad SMARTS) is 1. The fourth-order valence-corrected chi connectivity index (χ4v) is 1.10. The summed E-state index contributed by atoms with van der Waals surface area (Å²) >= 11 is 0. The standard InChI is InChI=1S/C10H13NO3/c1-11(7-6-10(13)14)8-2-4-9(12)5-3-8/h2-5,12H,6-7H2,1H3,(H,13,14). The number of aromatic hydroxyl groups is 1. The van der Waals surface area contributed by atoms with Gasteiger partial charge in [0.1, 0.15) is 5.75 Å². The normalized spacial score (nSPS) is 9.79. The molecule has 0 bridgehead atoms. The summed E-state index contributed by atoms with van der Waals surface area (Å²) in [6.07, 6.45) is 0.109. The van der Waals surface area contributed by atoms with E-state index < -0.39 is 5.97 Å². The van der Waals surface area contributed by atoms with Crippen LogP contribution in [0.5, 0.6) is 5.75 Å². The van der Waals surface area contributed by atoms with Gasteiger partial charge in [0.2, 0.25) is 0 Å². The van der Waals surface area contributed by atoms with E-state index in [4.69, 9.17) is 10.2 Å². The quantitative estimate of drug-likeness (QED) is 0.760. The van der Waals surface area contributed by atoms with Gasteiger partial charge in [-0.15, -0.1) is 0 Å². The maximum absolute atomic E-state index is 10.3. The summed E-state index contributed by atoms with van der Waals surface area (Å²) < 4.78 is 0. The smallest absolute Gasteiger partial charge is 0.305 e. The van der Waals surface area contributed by atoms with E-state index in [1.54, 1.807) is 24.3 Å². The van der Waals surface area contributed by atoms with Crippen LogP contribution in [0.4, 0.5) is 5.69 Å². The lowest BCUT2D eigenvalue weighted by Gasteiger charge is -2.17. The zero-order chi connectivity index (χ0) is 10.6. The Labute approximate surface area is 82.4 Å². The van der Waals surface area contributed by atoms with E-state index in [0.717, 1.165) is 5.69 Å². The van der Waals surface area contributed by atoms with Crippen molar-refractivity contribution in [2.45, 2.75) is 6.42 Å². The lowest BCUT2D eigenvalue weighted by molar-refractivity contribution is -0.136. The SMILES string of the molecule is CN(CCC(=O)O)c1ccc(O)cc1. The second-order valence-corrected chi connectivity index (χ2v) is 3.08. The van der Waals surface area contributed by atoms with E-state index in [-0.39, 0.29) is 12.2 Å². The van der Waals surface area contributed by atoms with Gasteiger partial charge in [0, 0.05) is 19.3 Å². The second kappa shape index (κ2) is 4.50. The van der Waals surface area contributed by atoms with Crippen LogP contribution in [-0.2, 0) is 4.79 Å². The van der Waals surface area contributed by atoms with Crippen LogP contribution in [0.1, 0.15) is 6.42 Å². The topological polar surface area (TPSA) is 60.8 Å². The van der Waals surface area contributed by atoms with Gasteiger partial charge in [-0.1, -0.05) is 0 Å². The highest BCUT2D eigenvalue weighted by Gasteiger charge is 2.03. The molecule has 0 aliphatic carbocycles. The van der Waals surface area contributed by atoms with Crippen LogP contribution in [0, 0.1) is 0 Å². The molecule has 1 aromatic carbocycles. The summed E-state index contributed by atoms with van der Waals surface area (Å²) in [5.41, 5.74) is 0.893. The Bertz CT molecular complexity index is 308. The predicted octanol–water partition coefficient (Wildman–Crippen LogP) is 1.30. The lowest BCUT2D eigenvalue weighted by atomic mass is 10.2. The molecule has 1 aromatic rings. The number of phenolic OH excluding ortho intramolecular Hbond substituents is 1. The van der Waals surface area contributed by atoms with Crippen molar-refractivity contribution in [3.8, 4) is 5.75 Å². The zero-order valence-corrected chi connectivity index (χ0v) is 7.97. The molecular weight excluding hydrogens is 182 g/mol. The van der Waals surface area contributed by atoms with Crippen LogP contribution < -0.4 is 4.90 Å². The number of rotatable bonds is 4. The number of hydrogen-bond acceptors (Lipinski definition) is 3. The molecular formula is C10H13NO3. The number of nitrogens with zero attached hydrogens (tertiary/aromatic N) is 1. The van der Waals surface area contributed by atoms with Crippen LogP contribution in [0.2, 0.25) is 0 Å². The lowest BCUT2D eigenvalue weighted by Crippen LogP contribution is -2.20. The average molecular weight is 195 g/mol. The minimum Gasteiger partial charge on any atom is -0.508 e. The molecule has 0 spiro atoms. The van der Waals surface area contributed by atoms with Gasteiger partial charge in [-0.3, -0.25) is 4.79 Å². The number of hydrogen-bond donors (Lipinski definition) is 2. The first-order valence-electron chi connectivity index (χ1n) is 4.31. The minimum absolute atomic E-state index is 0.109. The fourth-order valence-electron chi connectivity index (χ4n) is 1.10. The number of phenols is 1. The van der Waals surface area contributed by atoms with E-state index in [0.29, 0.717) is 6.54 Å². The molecule has 76 valence electrons. The third-order valence-corrected chi connectivity index (χ3v) is 1.95. The summed E-state index contributed by atoms with van der Waals surface area (Å²) in [4.78, 5) is 12.1. The first kappa shape index (κ1) is 10.4. The maximum atomic E-state index is 10.3. The molecule has 0 saturated heterocycles. The molecule has 0 fully saturated rings. The van der Waals surface area contributed by atoms with Gasteiger partial charge in [-0.05, 0) is 24.3 Å². The highest BCUT2D eigenvalue weighted by atomic mass is 16.4. The van der Waals surface area contributed by atoms with E-state index >= 15 is 0 Å². The largest absolute Gasteiger partial charge is 0.508 e. The van der Waals surface area contributed by atoms with Crippen molar-refractivity contribution < 1.29 is 15.0 Å². The summed E-state index contributed by atoms with van der Waals surface area (Å²) in [6.45, 7) is 0.458. The molecule has 4 heteroatoms. The Morgan fingerprint density at radius 1 is 1.36 bits per heavy atom. The second-order valence-electron chi connectivity index (χ2n) is 3.08. The van der Waals surface area contributed by atoms with Gasteiger partial charge in [-0.2, -0.15) is 0 Å². The average Bonchev–Trinajstić information content (AvgIpc) is 2.15. The van der Waals surface area contributed by atoms with Gasteiger partial charge >= 0.3 is 5.97 Å². The van der Waals surface area contributed by atoms with Crippen LogP contribution in [0.25, 0.3) is 0 Å². The molecule has 0 saturated carbocycles. The van der Waals surface area contributed by atoms with Gasteiger partial charge in [0.25, 0.3) is 0 Å². The molecule has 0 aliphatic rings. The number of carboxylic acids is 1. The number of anilines is 1. The van der Waals surface area contributed by atoms with Crippen LogP contribution >= 0.6 is 0 Å². The third kappa shape index (κ3) is 2.97. The van der Waals surface area contributed by atoms with Crippen molar-refractivity contribution in [1.29, 1.82) is 0 Å². The van der Waals surface area contributed by atoms with Crippen molar-refractivity contribution in [1.82, 2.24) is 0 Å². The molecule has 14 heavy (non-hydrogen) atoms. The Hall–Kier alpha value is -1.71. The number of carbonyl (C=O) groups is 1. The Morgan fingerprint density at radius 3 is 2.43 bits per heavy atom. The van der Waals surface area contributed by atoms with Gasteiger partial charge < -0.3 is 15.1 Å². The molecule has 0 atom stereocenters. The molecule has 0 unspecified atom stereocenters. The Balaban J connectivity index is 2.56. The highest BCUT2D eigenvalue weighted by Crippen LogP contribution is 2.16. The fraction of sp³-hybridized carbons (Fsp3) is 0.300. The molecule has 0 aromatic heterocycles. The molecule has 0 radical (unpaired) electrons. The van der Waals surface area contributed by atoms with Gasteiger partial charge in [-0.25, -0.2) is 0 Å². The summed E-state index contributed by atoms with van der Waals surface area (Å²) in [7, 11) is 1.81. The molecule has 0 heterocycles. The Kier molecular flexibility index (Phi) is 3.34. The molecule has 0 aliphatic heterocycles. The van der Waals surface area contributed by atoms with Crippen molar-refractivity contribution in [3.63, 3.8) is 0 Å². The minimum atomic E-state index is -0.810. The maximum Gasteiger partial charge on any atom is 0.305 e. The van der Waals surface area contributed by atoms with Gasteiger partial charge in [0.05, 0.1) is 6.42 Å². The zero-order valence-electron chi connectivity index (χ0n) is 7.97. The molecule has 2 N–H and O–H groups in total. The Morgan fingerprint density at radius 2 is 1.93 bits per heavy atom. The van der Waals surface area contributed by atoms with E-state index in [2.05, 4.69) is 0 Å². The van der Waals surface area contributed by atoms with Crippen molar-refractivity contribution >= 4 is 11.7 Å². The van der Waals surface area contributed by atoms with Crippen LogP contribution in [-0.4, -0.2) is 29.8 Å².